The van der Waals surface area contributed by atoms with E-state index in [0.29, 0.717) is 18.1 Å². The predicted octanol–water partition coefficient (Wildman–Crippen LogP) is 3.38. The van der Waals surface area contributed by atoms with Gasteiger partial charge in [0.2, 0.25) is 0 Å². The van der Waals surface area contributed by atoms with E-state index in [1.807, 2.05) is 25.1 Å². The first-order chi connectivity index (χ1) is 7.70. The van der Waals surface area contributed by atoms with E-state index in [1.165, 1.54) is 19.3 Å². The highest BCUT2D eigenvalue weighted by Crippen LogP contribution is 2.32. The Bertz CT molecular complexity index is 392. The lowest BCUT2D eigenvalue weighted by Gasteiger charge is -2.24. The Morgan fingerprint density at radius 3 is 2.75 bits per heavy atom. The summed E-state index contributed by atoms with van der Waals surface area (Å²) in [6, 6.07) is 5.78. The minimum Gasteiger partial charge on any atom is -0.496 e. The first-order valence-electron chi connectivity index (χ1n) is 5.88. The maximum atomic E-state index is 12.1. The van der Waals surface area contributed by atoms with Crippen LogP contribution in [0.1, 0.15) is 41.6 Å². The molecule has 1 saturated carbocycles. The lowest BCUT2D eigenvalue weighted by Crippen LogP contribution is -2.16. The maximum Gasteiger partial charge on any atom is 0.166 e. The van der Waals surface area contributed by atoms with Gasteiger partial charge < -0.3 is 4.74 Å². The molecular formula is C14H18O2. The Hall–Kier alpha value is -1.31. The van der Waals surface area contributed by atoms with Crippen LogP contribution in [0.15, 0.2) is 18.2 Å². The number of ether oxygens (including phenoxy) is 1. The number of ketones is 1. The molecule has 1 aromatic rings. The molecule has 2 heteroatoms. The van der Waals surface area contributed by atoms with E-state index in [4.69, 9.17) is 4.74 Å². The topological polar surface area (TPSA) is 26.3 Å². The van der Waals surface area contributed by atoms with Gasteiger partial charge in [0.1, 0.15) is 5.75 Å². The molecule has 2 nitrogen and oxygen atoms in total. The average molecular weight is 218 g/mol. The van der Waals surface area contributed by atoms with E-state index < -0.39 is 0 Å². The summed E-state index contributed by atoms with van der Waals surface area (Å²) in [5.41, 5.74) is 1.86. The molecule has 1 aliphatic rings. The molecule has 0 saturated heterocycles. The van der Waals surface area contributed by atoms with Crippen LogP contribution in [0.3, 0.4) is 0 Å². The number of rotatable bonds is 4. The molecule has 1 aromatic carbocycles. The van der Waals surface area contributed by atoms with Crippen LogP contribution in [0.4, 0.5) is 0 Å². The molecule has 2 rings (SSSR count). The lowest BCUT2D eigenvalue weighted by atomic mass is 9.81. The van der Waals surface area contributed by atoms with Gasteiger partial charge in [0.05, 0.1) is 12.7 Å². The van der Waals surface area contributed by atoms with Gasteiger partial charge in [-0.2, -0.15) is 0 Å². The fourth-order valence-corrected chi connectivity index (χ4v) is 2.10. The van der Waals surface area contributed by atoms with Gasteiger partial charge in [-0.25, -0.2) is 0 Å². The van der Waals surface area contributed by atoms with E-state index >= 15 is 0 Å². The van der Waals surface area contributed by atoms with E-state index in [1.54, 1.807) is 7.11 Å². The quantitative estimate of drug-likeness (QED) is 0.724. The van der Waals surface area contributed by atoms with E-state index in [-0.39, 0.29) is 5.78 Å². The van der Waals surface area contributed by atoms with Gasteiger partial charge in [0, 0.05) is 6.42 Å². The van der Waals surface area contributed by atoms with E-state index in [2.05, 4.69) is 0 Å². The summed E-state index contributed by atoms with van der Waals surface area (Å²) < 4.78 is 5.26. The molecule has 0 heterocycles. The van der Waals surface area contributed by atoms with Crippen molar-refractivity contribution in [1.82, 2.24) is 0 Å². The van der Waals surface area contributed by atoms with Crippen LogP contribution in [0, 0.1) is 12.8 Å². The SMILES string of the molecule is COc1cc(C)ccc1C(=O)CC1CCC1. The summed E-state index contributed by atoms with van der Waals surface area (Å²) in [5.74, 6) is 1.55. The van der Waals surface area contributed by atoms with Crippen molar-refractivity contribution in [1.29, 1.82) is 0 Å². The number of hydrogen-bond acceptors (Lipinski definition) is 2. The monoisotopic (exact) mass is 218 g/mol. The van der Waals surface area contributed by atoms with Crippen molar-refractivity contribution >= 4 is 5.78 Å². The molecule has 16 heavy (non-hydrogen) atoms. The van der Waals surface area contributed by atoms with Crippen molar-refractivity contribution in [2.45, 2.75) is 32.6 Å². The summed E-state index contributed by atoms with van der Waals surface area (Å²) in [6.07, 6.45) is 4.38. The van der Waals surface area contributed by atoms with Crippen molar-refractivity contribution in [3.8, 4) is 5.75 Å². The van der Waals surface area contributed by atoms with E-state index in [0.717, 1.165) is 11.1 Å². The minimum atomic E-state index is 0.224. The Morgan fingerprint density at radius 2 is 2.19 bits per heavy atom. The normalized spacial score (nSPS) is 15.6. The molecule has 0 spiro atoms. The fourth-order valence-electron chi connectivity index (χ4n) is 2.10. The van der Waals surface area contributed by atoms with Gasteiger partial charge in [-0.05, 0) is 30.5 Å². The third kappa shape index (κ3) is 2.26. The van der Waals surface area contributed by atoms with Gasteiger partial charge in [-0.15, -0.1) is 0 Å². The third-order valence-corrected chi connectivity index (χ3v) is 3.36. The molecule has 0 atom stereocenters. The van der Waals surface area contributed by atoms with Crippen LogP contribution in [0.25, 0.3) is 0 Å². The highest BCUT2D eigenvalue weighted by molar-refractivity contribution is 5.98. The van der Waals surface area contributed by atoms with Gasteiger partial charge in [0.15, 0.2) is 5.78 Å². The van der Waals surface area contributed by atoms with Crippen LogP contribution in [0.2, 0.25) is 0 Å². The number of carbonyl (C=O) groups is 1. The average Bonchev–Trinajstić information content (AvgIpc) is 2.23. The summed E-state index contributed by atoms with van der Waals surface area (Å²) in [6.45, 7) is 2.00. The smallest absolute Gasteiger partial charge is 0.166 e. The second kappa shape index (κ2) is 4.69. The summed E-state index contributed by atoms with van der Waals surface area (Å²) >= 11 is 0. The second-order valence-electron chi connectivity index (χ2n) is 4.63. The number of benzene rings is 1. The van der Waals surface area contributed by atoms with Crippen LogP contribution in [-0.4, -0.2) is 12.9 Å². The Morgan fingerprint density at radius 1 is 1.44 bits per heavy atom. The molecule has 0 N–H and O–H groups in total. The van der Waals surface area contributed by atoms with Crippen LogP contribution in [0.5, 0.6) is 5.75 Å². The second-order valence-corrected chi connectivity index (χ2v) is 4.63. The van der Waals surface area contributed by atoms with Crippen LogP contribution in [-0.2, 0) is 0 Å². The predicted molar refractivity (Wildman–Crippen MR) is 64.0 cm³/mol. The Kier molecular flexibility index (Phi) is 3.28. The Labute approximate surface area is 96.6 Å². The molecule has 0 unspecified atom stereocenters. The highest BCUT2D eigenvalue weighted by atomic mass is 16.5. The summed E-state index contributed by atoms with van der Waals surface area (Å²) in [7, 11) is 1.62. The molecule has 0 bridgehead atoms. The first kappa shape index (κ1) is 11.2. The molecular weight excluding hydrogens is 200 g/mol. The van der Waals surface area contributed by atoms with Crippen LogP contribution < -0.4 is 4.74 Å². The molecule has 0 radical (unpaired) electrons. The standard InChI is InChI=1S/C14H18O2/c1-10-6-7-12(14(8-10)16-2)13(15)9-11-4-3-5-11/h6-8,11H,3-5,9H2,1-2H3. The van der Waals surface area contributed by atoms with Gasteiger partial charge in [-0.1, -0.05) is 25.3 Å². The molecule has 0 aliphatic heterocycles. The third-order valence-electron chi connectivity index (χ3n) is 3.36. The first-order valence-corrected chi connectivity index (χ1v) is 5.88. The number of hydrogen-bond donors (Lipinski definition) is 0. The summed E-state index contributed by atoms with van der Waals surface area (Å²) in [5, 5.41) is 0. The van der Waals surface area contributed by atoms with Crippen molar-refractivity contribution in [3.05, 3.63) is 29.3 Å². The zero-order valence-electron chi connectivity index (χ0n) is 9.95. The zero-order valence-corrected chi connectivity index (χ0v) is 9.95. The number of methoxy groups -OCH3 is 1. The van der Waals surface area contributed by atoms with Crippen molar-refractivity contribution in [2.24, 2.45) is 5.92 Å². The van der Waals surface area contributed by atoms with Crippen molar-refractivity contribution in [3.63, 3.8) is 0 Å². The lowest BCUT2D eigenvalue weighted by molar-refractivity contribution is 0.0933. The van der Waals surface area contributed by atoms with Crippen molar-refractivity contribution < 1.29 is 9.53 Å². The largest absolute Gasteiger partial charge is 0.496 e. The zero-order chi connectivity index (χ0) is 11.5. The molecule has 86 valence electrons. The number of Topliss-reactive ketones (excluding diaryl/α,β-unsaturated/α-hetero) is 1. The molecule has 1 fully saturated rings. The Balaban J connectivity index is 2.14. The molecule has 0 amide bonds. The van der Waals surface area contributed by atoms with Gasteiger partial charge in [-0.3, -0.25) is 4.79 Å². The highest BCUT2D eigenvalue weighted by Gasteiger charge is 2.22. The van der Waals surface area contributed by atoms with Gasteiger partial charge in [0.25, 0.3) is 0 Å². The number of carbonyl (C=O) groups excluding carboxylic acids is 1. The van der Waals surface area contributed by atoms with Crippen molar-refractivity contribution in [2.75, 3.05) is 7.11 Å². The molecule has 0 aromatic heterocycles. The summed E-state index contributed by atoms with van der Waals surface area (Å²) in [4.78, 5) is 12.1. The fraction of sp³-hybridized carbons (Fsp3) is 0.500. The minimum absolute atomic E-state index is 0.224. The molecule has 1 aliphatic carbocycles. The van der Waals surface area contributed by atoms with Crippen LogP contribution >= 0.6 is 0 Å². The van der Waals surface area contributed by atoms with Gasteiger partial charge >= 0.3 is 0 Å². The van der Waals surface area contributed by atoms with E-state index in [9.17, 15) is 4.79 Å². The maximum absolute atomic E-state index is 12.1. The number of aryl methyl sites for hydroxylation is 1.